The molecule has 39 heavy (non-hydrogen) atoms. The molecule has 0 saturated heterocycles. The van der Waals surface area contributed by atoms with Crippen molar-refractivity contribution >= 4 is 5.91 Å². The zero-order valence-electron chi connectivity index (χ0n) is 21.8. The van der Waals surface area contributed by atoms with Crippen LogP contribution in [0.3, 0.4) is 0 Å². The molecule has 2 aliphatic carbocycles. The number of hydrogen-bond donors (Lipinski definition) is 2. The molecule has 1 aliphatic heterocycles. The van der Waals surface area contributed by atoms with Gasteiger partial charge in [-0.25, -0.2) is 4.98 Å². The second kappa shape index (κ2) is 9.31. The number of nitrogens with one attached hydrogen (secondary N) is 1. The van der Waals surface area contributed by atoms with Crippen LogP contribution in [-0.4, -0.2) is 32.4 Å². The van der Waals surface area contributed by atoms with E-state index < -0.39 is 12.0 Å². The van der Waals surface area contributed by atoms with Gasteiger partial charge in [0.05, 0.1) is 23.2 Å². The maximum atomic E-state index is 13.4. The first-order valence-corrected chi connectivity index (χ1v) is 13.9. The molecule has 196 valence electrons. The van der Waals surface area contributed by atoms with Crippen LogP contribution < -0.4 is 5.56 Å². The lowest BCUT2D eigenvalue weighted by atomic mass is 9.94. The Balaban J connectivity index is 1.11. The second-order valence-corrected chi connectivity index (χ2v) is 11.2. The van der Waals surface area contributed by atoms with E-state index in [2.05, 4.69) is 41.4 Å². The fourth-order valence-electron chi connectivity index (χ4n) is 5.98. The summed E-state index contributed by atoms with van der Waals surface area (Å²) in [6, 6.07) is 26.3. The van der Waals surface area contributed by atoms with Crippen molar-refractivity contribution in [3.8, 4) is 11.1 Å². The first-order valence-electron chi connectivity index (χ1n) is 13.9. The van der Waals surface area contributed by atoms with E-state index in [1.165, 1.54) is 24.0 Å². The van der Waals surface area contributed by atoms with Crippen molar-refractivity contribution in [2.24, 2.45) is 0 Å². The zero-order chi connectivity index (χ0) is 26.6. The largest absolute Gasteiger partial charge is 0.378 e. The van der Waals surface area contributed by atoms with Gasteiger partial charge in [-0.1, -0.05) is 72.8 Å². The quantitative estimate of drug-likeness (QED) is 0.376. The minimum absolute atomic E-state index is 0.148. The van der Waals surface area contributed by atoms with Crippen LogP contribution >= 0.6 is 0 Å². The van der Waals surface area contributed by atoms with Gasteiger partial charge in [0.15, 0.2) is 6.10 Å². The molecule has 1 aromatic heterocycles. The maximum Gasteiger partial charge on any atom is 0.256 e. The number of carbonyl (C=O) groups is 1. The van der Waals surface area contributed by atoms with Gasteiger partial charge in [-0.05, 0) is 65.5 Å². The SMILES string of the molecule is O=C(C(O)c1cccc(-c2cccc(C3CC3)c2)c1)N1CCc2nc(C3(c4ccccc4)CC3)[nH]c(=O)c2C1. The third kappa shape index (κ3) is 4.39. The number of aliphatic hydroxyl groups excluding tert-OH is 1. The van der Waals surface area contributed by atoms with Gasteiger partial charge < -0.3 is 15.0 Å². The lowest BCUT2D eigenvalue weighted by Crippen LogP contribution is -2.42. The molecule has 2 N–H and O–H groups in total. The highest BCUT2D eigenvalue weighted by atomic mass is 16.3. The van der Waals surface area contributed by atoms with Crippen LogP contribution in [-0.2, 0) is 23.2 Å². The van der Waals surface area contributed by atoms with Crippen molar-refractivity contribution in [3.05, 3.63) is 123 Å². The summed E-state index contributed by atoms with van der Waals surface area (Å²) in [5, 5.41) is 11.1. The summed E-state index contributed by atoms with van der Waals surface area (Å²) in [5.41, 5.74) is 6.00. The summed E-state index contributed by atoms with van der Waals surface area (Å²) < 4.78 is 0. The second-order valence-electron chi connectivity index (χ2n) is 11.2. The summed E-state index contributed by atoms with van der Waals surface area (Å²) >= 11 is 0. The molecular weight excluding hydrogens is 486 g/mol. The molecule has 6 heteroatoms. The van der Waals surface area contributed by atoms with Gasteiger partial charge in [-0.3, -0.25) is 9.59 Å². The molecule has 4 aromatic rings. The Bertz CT molecular complexity index is 1620. The van der Waals surface area contributed by atoms with Crippen molar-refractivity contribution in [2.75, 3.05) is 6.54 Å². The maximum absolute atomic E-state index is 13.4. The van der Waals surface area contributed by atoms with Crippen LogP contribution in [0.4, 0.5) is 0 Å². The molecule has 0 radical (unpaired) electrons. The van der Waals surface area contributed by atoms with E-state index in [0.717, 1.165) is 35.5 Å². The highest BCUT2D eigenvalue weighted by Gasteiger charge is 2.48. The Labute approximate surface area is 227 Å². The molecule has 0 bridgehead atoms. The molecule has 0 spiro atoms. The Morgan fingerprint density at radius 1 is 0.974 bits per heavy atom. The molecule has 1 atom stereocenters. The van der Waals surface area contributed by atoms with Crippen LogP contribution in [0.15, 0.2) is 83.7 Å². The van der Waals surface area contributed by atoms with E-state index >= 15 is 0 Å². The van der Waals surface area contributed by atoms with E-state index in [0.29, 0.717) is 30.0 Å². The van der Waals surface area contributed by atoms with Crippen LogP contribution in [0.5, 0.6) is 0 Å². The van der Waals surface area contributed by atoms with Gasteiger partial charge in [-0.15, -0.1) is 0 Å². The minimum Gasteiger partial charge on any atom is -0.378 e. The number of benzene rings is 3. The average Bonchev–Trinajstić information content (AvgIpc) is 3.91. The summed E-state index contributed by atoms with van der Waals surface area (Å²) in [6.45, 7) is 0.565. The third-order valence-corrected chi connectivity index (χ3v) is 8.61. The molecule has 2 saturated carbocycles. The van der Waals surface area contributed by atoms with Crippen molar-refractivity contribution in [3.63, 3.8) is 0 Å². The summed E-state index contributed by atoms with van der Waals surface area (Å²) in [7, 11) is 0. The van der Waals surface area contributed by atoms with Gasteiger partial charge in [0.25, 0.3) is 11.5 Å². The van der Waals surface area contributed by atoms with Crippen molar-refractivity contribution in [2.45, 2.75) is 56.1 Å². The van der Waals surface area contributed by atoms with Crippen molar-refractivity contribution < 1.29 is 9.90 Å². The fourth-order valence-corrected chi connectivity index (χ4v) is 5.98. The van der Waals surface area contributed by atoms with Crippen LogP contribution in [0.25, 0.3) is 11.1 Å². The molecule has 6 nitrogen and oxygen atoms in total. The summed E-state index contributed by atoms with van der Waals surface area (Å²) in [4.78, 5) is 36.1. The average molecular weight is 518 g/mol. The van der Waals surface area contributed by atoms with E-state index in [1.54, 1.807) is 11.0 Å². The standard InChI is InChI=1S/C33H31N3O3/c37-29(25-9-5-8-24(19-25)23-7-4-6-22(18-23)21-12-13-21)31(39)36-17-14-28-27(20-36)30(38)35-32(34-28)33(15-16-33)26-10-2-1-3-11-26/h1-11,18-19,21,29,37H,12-17,20H2,(H,34,35,38). The monoisotopic (exact) mass is 517 g/mol. The Kier molecular flexibility index (Phi) is 5.74. The lowest BCUT2D eigenvalue weighted by molar-refractivity contribution is -0.141. The van der Waals surface area contributed by atoms with E-state index in [9.17, 15) is 14.7 Å². The lowest BCUT2D eigenvalue weighted by Gasteiger charge is -2.30. The number of fused-ring (bicyclic) bond motifs is 1. The Hall–Kier alpha value is -4.03. The Morgan fingerprint density at radius 3 is 2.46 bits per heavy atom. The van der Waals surface area contributed by atoms with Gasteiger partial charge in [0.1, 0.15) is 5.82 Å². The fraction of sp³-hybridized carbons (Fsp3) is 0.303. The van der Waals surface area contributed by atoms with Gasteiger partial charge in [0, 0.05) is 13.0 Å². The number of rotatable bonds is 6. The van der Waals surface area contributed by atoms with Crippen LogP contribution in [0, 0.1) is 0 Å². The minimum atomic E-state index is -1.29. The number of H-pyrrole nitrogens is 1. The summed E-state index contributed by atoms with van der Waals surface area (Å²) in [6.07, 6.45) is 3.59. The van der Waals surface area contributed by atoms with Gasteiger partial charge >= 0.3 is 0 Å². The molecule has 2 heterocycles. The topological polar surface area (TPSA) is 86.3 Å². The number of aliphatic hydroxyl groups is 1. The van der Waals surface area contributed by atoms with Crippen molar-refractivity contribution in [1.29, 1.82) is 0 Å². The van der Waals surface area contributed by atoms with E-state index in [-0.39, 0.29) is 17.5 Å². The summed E-state index contributed by atoms with van der Waals surface area (Å²) in [5.74, 6) is 0.986. The molecular formula is C33H31N3O3. The van der Waals surface area contributed by atoms with E-state index in [4.69, 9.17) is 4.98 Å². The number of aromatic nitrogens is 2. The van der Waals surface area contributed by atoms with Crippen LogP contribution in [0.2, 0.25) is 0 Å². The number of nitrogens with zero attached hydrogens (tertiary/aromatic N) is 2. The normalized spacial score (nSPS) is 18.3. The number of aromatic amines is 1. The first-order chi connectivity index (χ1) is 19.0. The number of hydrogen-bond acceptors (Lipinski definition) is 4. The molecule has 3 aromatic carbocycles. The molecule has 2 fully saturated rings. The number of carbonyl (C=O) groups excluding carboxylic acids is 1. The Morgan fingerprint density at radius 2 is 1.72 bits per heavy atom. The molecule has 3 aliphatic rings. The third-order valence-electron chi connectivity index (χ3n) is 8.61. The highest BCUT2D eigenvalue weighted by Crippen LogP contribution is 2.52. The van der Waals surface area contributed by atoms with E-state index in [1.807, 2.05) is 36.4 Å². The molecule has 1 amide bonds. The predicted octanol–water partition coefficient (Wildman–Crippen LogP) is 5.01. The van der Waals surface area contributed by atoms with Gasteiger partial charge in [-0.2, -0.15) is 0 Å². The molecule has 7 rings (SSSR count). The van der Waals surface area contributed by atoms with Crippen molar-refractivity contribution in [1.82, 2.24) is 14.9 Å². The van der Waals surface area contributed by atoms with Gasteiger partial charge in [0.2, 0.25) is 0 Å². The first kappa shape index (κ1) is 24.0. The predicted molar refractivity (Wildman–Crippen MR) is 149 cm³/mol. The number of amides is 1. The zero-order valence-corrected chi connectivity index (χ0v) is 21.8. The van der Waals surface area contributed by atoms with Crippen LogP contribution in [0.1, 0.15) is 71.5 Å². The highest BCUT2D eigenvalue weighted by molar-refractivity contribution is 5.83. The molecule has 1 unspecified atom stereocenters. The smallest absolute Gasteiger partial charge is 0.256 e.